The van der Waals surface area contributed by atoms with Crippen molar-refractivity contribution in [2.75, 3.05) is 45.4 Å². The van der Waals surface area contributed by atoms with Gasteiger partial charge < -0.3 is 34.3 Å². The highest BCUT2D eigenvalue weighted by molar-refractivity contribution is 5.61. The number of unbranched alkanes of at least 4 members (excludes halogenated alkanes) is 2. The number of anilines is 1. The van der Waals surface area contributed by atoms with Gasteiger partial charge in [-0.1, -0.05) is 25.8 Å². The minimum absolute atomic E-state index is 0.373. The number of fused-ring (bicyclic) bond motifs is 1. The van der Waals surface area contributed by atoms with E-state index in [4.69, 9.17) is 18.9 Å². The minimum Gasteiger partial charge on any atom is -0.465 e. The van der Waals surface area contributed by atoms with Gasteiger partial charge in [0.1, 0.15) is 11.9 Å². The zero-order valence-electron chi connectivity index (χ0n) is 21.2. The normalized spacial score (nSPS) is 22.8. The molecule has 1 aromatic carbocycles. The molecule has 7 heteroatoms. The zero-order valence-corrected chi connectivity index (χ0v) is 21.2. The van der Waals surface area contributed by atoms with Crippen LogP contribution >= 0.6 is 0 Å². The van der Waals surface area contributed by atoms with Gasteiger partial charge in [0.2, 0.25) is 5.79 Å². The van der Waals surface area contributed by atoms with E-state index >= 15 is 0 Å². The largest absolute Gasteiger partial charge is 0.465 e. The van der Waals surface area contributed by atoms with Gasteiger partial charge >= 0.3 is 0 Å². The smallest absolute Gasteiger partial charge is 0.218 e. The van der Waals surface area contributed by atoms with Crippen LogP contribution in [-0.2, 0) is 20.6 Å². The number of aliphatic hydroxyl groups excluding tert-OH is 1. The summed E-state index contributed by atoms with van der Waals surface area (Å²) < 4.78 is 23.0. The van der Waals surface area contributed by atoms with Crippen molar-refractivity contribution < 1.29 is 24.1 Å². The Morgan fingerprint density at radius 2 is 2.09 bits per heavy atom. The Morgan fingerprint density at radius 3 is 2.82 bits per heavy atom. The molecule has 0 bridgehead atoms. The Bertz CT molecular complexity index is 827. The molecule has 0 saturated carbocycles. The Hall–Kier alpha value is -2.06. The van der Waals surface area contributed by atoms with Crippen LogP contribution in [0.4, 0.5) is 5.69 Å². The molecule has 3 atom stereocenters. The number of benzene rings is 1. The second-order valence-electron chi connectivity index (χ2n) is 8.81. The van der Waals surface area contributed by atoms with E-state index in [1.54, 1.807) is 14.2 Å². The summed E-state index contributed by atoms with van der Waals surface area (Å²) in [5, 5.41) is 13.9. The summed E-state index contributed by atoms with van der Waals surface area (Å²) in [5.74, 6) is -0.128. The predicted molar refractivity (Wildman–Crippen MR) is 135 cm³/mol. The van der Waals surface area contributed by atoms with Gasteiger partial charge in [0.25, 0.3) is 0 Å². The third kappa shape index (κ3) is 6.54. The average molecular weight is 475 g/mol. The number of nitrogens with zero attached hydrogens (tertiary/aromatic N) is 1. The highest BCUT2D eigenvalue weighted by Gasteiger charge is 2.39. The summed E-state index contributed by atoms with van der Waals surface area (Å²) in [6.07, 6.45) is 10.7. The molecule has 34 heavy (non-hydrogen) atoms. The predicted octanol–water partition coefficient (Wildman–Crippen LogP) is 4.15. The number of nitrogens with one attached hydrogen (secondary N) is 1. The summed E-state index contributed by atoms with van der Waals surface area (Å²) in [6.45, 7) is 7.39. The van der Waals surface area contributed by atoms with Gasteiger partial charge in [-0.3, -0.25) is 0 Å². The number of methoxy groups -OCH3 is 2. The average Bonchev–Trinajstić information content (AvgIpc) is 2.85. The molecular formula is C27H42N2O5. The topological polar surface area (TPSA) is 72.4 Å². The Kier molecular flexibility index (Phi) is 10.3. The van der Waals surface area contributed by atoms with E-state index in [2.05, 4.69) is 23.2 Å². The molecule has 1 aromatic rings. The fourth-order valence-corrected chi connectivity index (χ4v) is 4.69. The molecule has 2 N–H and O–H groups in total. The lowest BCUT2D eigenvalue weighted by molar-refractivity contribution is -0.232. The van der Waals surface area contributed by atoms with Crippen molar-refractivity contribution in [1.82, 2.24) is 5.32 Å². The monoisotopic (exact) mass is 474 g/mol. The van der Waals surface area contributed by atoms with Gasteiger partial charge in [-0.05, 0) is 56.5 Å². The van der Waals surface area contributed by atoms with E-state index in [0.29, 0.717) is 19.6 Å². The fraction of sp³-hybridized carbons (Fsp3) is 0.630. The maximum atomic E-state index is 10.6. The summed E-state index contributed by atoms with van der Waals surface area (Å²) in [6, 6.07) is 6.18. The molecule has 0 saturated heterocycles. The van der Waals surface area contributed by atoms with Crippen molar-refractivity contribution >= 4 is 5.69 Å². The van der Waals surface area contributed by atoms with E-state index < -0.39 is 12.1 Å². The quantitative estimate of drug-likeness (QED) is 0.310. The van der Waals surface area contributed by atoms with Gasteiger partial charge in [-0.15, -0.1) is 0 Å². The first-order valence-corrected chi connectivity index (χ1v) is 12.6. The molecule has 0 amide bonds. The van der Waals surface area contributed by atoms with Crippen LogP contribution in [0.3, 0.4) is 0 Å². The van der Waals surface area contributed by atoms with Crippen molar-refractivity contribution in [3.8, 4) is 5.75 Å². The highest BCUT2D eigenvalue weighted by atomic mass is 16.7. The zero-order chi connectivity index (χ0) is 24.4. The summed E-state index contributed by atoms with van der Waals surface area (Å²) in [5.41, 5.74) is 3.36. The van der Waals surface area contributed by atoms with Crippen molar-refractivity contribution in [2.24, 2.45) is 0 Å². The molecule has 3 rings (SSSR count). The summed E-state index contributed by atoms with van der Waals surface area (Å²) >= 11 is 0. The van der Waals surface area contributed by atoms with E-state index in [0.717, 1.165) is 37.4 Å². The van der Waals surface area contributed by atoms with Crippen molar-refractivity contribution in [3.63, 3.8) is 0 Å². The Labute approximate surface area is 204 Å². The molecule has 3 unspecified atom stereocenters. The van der Waals surface area contributed by atoms with Gasteiger partial charge in [-0.25, -0.2) is 0 Å². The lowest BCUT2D eigenvalue weighted by atomic mass is 10.00. The third-order valence-corrected chi connectivity index (χ3v) is 6.48. The molecule has 7 nitrogen and oxygen atoms in total. The second kappa shape index (κ2) is 13.1. The maximum absolute atomic E-state index is 10.6. The number of hydrogen-bond acceptors (Lipinski definition) is 7. The van der Waals surface area contributed by atoms with Crippen LogP contribution in [0.2, 0.25) is 0 Å². The standard InChI is InChI=1S/C27H42N2O5/c1-5-7-8-18-29-19-10-11-22-23(29)12-9-13-24(22)34-26(30)15-17-28-21-14-16-27(32-4,33-6-2)25(20-21)31-3/h9,12-14,16,20,25-26,28,30H,5-8,10-11,15,17-19H2,1-4H3. The molecule has 1 heterocycles. The van der Waals surface area contributed by atoms with E-state index in [-0.39, 0.29) is 6.10 Å². The SMILES string of the molecule is CCCCCN1CCCc2c(OC(O)CCNC3=CC(OC)C(OC)(OCC)C=C3)cccc21. The van der Waals surface area contributed by atoms with Gasteiger partial charge in [-0.2, -0.15) is 0 Å². The Balaban J connectivity index is 1.54. The lowest BCUT2D eigenvalue weighted by Gasteiger charge is -2.36. The van der Waals surface area contributed by atoms with Gasteiger partial charge in [0.15, 0.2) is 6.29 Å². The van der Waals surface area contributed by atoms with Crippen LogP contribution in [0.5, 0.6) is 5.75 Å². The van der Waals surface area contributed by atoms with Crippen LogP contribution in [0, 0.1) is 0 Å². The molecule has 0 radical (unpaired) electrons. The number of aliphatic hydroxyl groups is 1. The fourth-order valence-electron chi connectivity index (χ4n) is 4.69. The summed E-state index contributed by atoms with van der Waals surface area (Å²) in [4.78, 5) is 2.46. The molecule has 2 aliphatic rings. The highest BCUT2D eigenvalue weighted by Crippen LogP contribution is 2.35. The van der Waals surface area contributed by atoms with Crippen LogP contribution < -0.4 is 15.0 Å². The van der Waals surface area contributed by atoms with E-state index in [1.165, 1.54) is 30.5 Å². The third-order valence-electron chi connectivity index (χ3n) is 6.48. The van der Waals surface area contributed by atoms with Crippen LogP contribution in [0.25, 0.3) is 0 Å². The first kappa shape index (κ1) is 26.5. The number of hydrogen-bond donors (Lipinski definition) is 2. The molecule has 0 aromatic heterocycles. The Morgan fingerprint density at radius 1 is 1.24 bits per heavy atom. The molecular weight excluding hydrogens is 432 g/mol. The van der Waals surface area contributed by atoms with E-state index in [1.807, 2.05) is 37.3 Å². The van der Waals surface area contributed by atoms with E-state index in [9.17, 15) is 5.11 Å². The molecule has 1 aliphatic heterocycles. The molecule has 190 valence electrons. The molecule has 0 fully saturated rings. The second-order valence-corrected chi connectivity index (χ2v) is 8.81. The van der Waals surface area contributed by atoms with Crippen LogP contribution in [0.1, 0.15) is 51.5 Å². The number of ether oxygens (including phenoxy) is 4. The van der Waals surface area contributed by atoms with Gasteiger partial charge in [0.05, 0.1) is 0 Å². The van der Waals surface area contributed by atoms with Crippen molar-refractivity contribution in [3.05, 3.63) is 47.7 Å². The van der Waals surface area contributed by atoms with Gasteiger partial charge in [0, 0.05) is 63.8 Å². The minimum atomic E-state index is -0.922. The molecule has 1 aliphatic carbocycles. The van der Waals surface area contributed by atoms with Crippen LogP contribution in [-0.4, -0.2) is 63.7 Å². The first-order valence-electron chi connectivity index (χ1n) is 12.6. The maximum Gasteiger partial charge on any atom is 0.218 e. The first-order chi connectivity index (χ1) is 16.6. The van der Waals surface area contributed by atoms with Crippen molar-refractivity contribution in [1.29, 1.82) is 0 Å². The number of allylic oxidation sites excluding steroid dienone is 1. The molecule has 0 spiro atoms. The van der Waals surface area contributed by atoms with Crippen LogP contribution in [0.15, 0.2) is 42.1 Å². The lowest BCUT2D eigenvalue weighted by Crippen LogP contribution is -2.47. The summed E-state index contributed by atoms with van der Waals surface area (Å²) in [7, 11) is 3.24. The number of rotatable bonds is 14. The van der Waals surface area contributed by atoms with Crippen molar-refractivity contribution in [2.45, 2.75) is 70.6 Å².